The summed E-state index contributed by atoms with van der Waals surface area (Å²) in [5.41, 5.74) is 31.4. The van der Waals surface area contributed by atoms with Crippen LogP contribution in [0.2, 0.25) is 0 Å². The molecule has 4 nitrogen and oxygen atoms in total. The van der Waals surface area contributed by atoms with E-state index in [1.807, 2.05) is 0 Å². The topological polar surface area (TPSA) is 16.3 Å². The fourth-order valence-corrected chi connectivity index (χ4v) is 19.1. The lowest BCUT2D eigenvalue weighted by molar-refractivity contribution is 0.591. The Labute approximate surface area is 725 Å². The third-order valence-corrected chi connectivity index (χ3v) is 24.9. The first kappa shape index (κ1) is 76.1. The third kappa shape index (κ3) is 14.1. The Kier molecular flexibility index (Phi) is 19.8. The lowest BCUT2D eigenvalue weighted by Crippen LogP contribution is -2.10. The van der Waals surface area contributed by atoms with Crippen molar-refractivity contribution in [2.75, 3.05) is 9.80 Å². The summed E-state index contributed by atoms with van der Waals surface area (Å²) in [6.07, 6.45) is 1.06. The van der Waals surface area contributed by atoms with Gasteiger partial charge in [-0.2, -0.15) is 0 Å². The van der Waals surface area contributed by atoms with Gasteiger partial charge >= 0.3 is 0 Å². The summed E-state index contributed by atoms with van der Waals surface area (Å²) in [5, 5.41) is 15.2. The Morgan fingerprint density at radius 2 is 0.452 bits per heavy atom. The number of anilines is 6. The van der Waals surface area contributed by atoms with Gasteiger partial charge in [-0.3, -0.25) is 0 Å². The van der Waals surface area contributed by atoms with E-state index in [-0.39, 0.29) is 5.41 Å². The largest absolute Gasteiger partial charge is 0.311 e. The summed E-state index contributed by atoms with van der Waals surface area (Å²) < 4.78 is 4.81. The van der Waals surface area contributed by atoms with E-state index in [0.29, 0.717) is 5.92 Å². The minimum absolute atomic E-state index is 0.0463. The molecule has 592 valence electrons. The van der Waals surface area contributed by atoms with Crippen LogP contribution in [0.25, 0.3) is 165 Å². The molecule has 0 unspecified atom stereocenters. The van der Waals surface area contributed by atoms with E-state index in [0.717, 1.165) is 40.5 Å². The second-order valence-corrected chi connectivity index (χ2v) is 34.2. The number of rotatable bonds is 16. The van der Waals surface area contributed by atoms with Gasteiger partial charge in [0.05, 0.1) is 22.1 Å². The van der Waals surface area contributed by atoms with E-state index < -0.39 is 0 Å². The zero-order valence-corrected chi connectivity index (χ0v) is 70.3. The van der Waals surface area contributed by atoms with Gasteiger partial charge in [-0.15, -0.1) is 0 Å². The normalized spacial score (nSPS) is 11.7. The highest BCUT2D eigenvalue weighted by molar-refractivity contribution is 6.23. The molecule has 0 N–H and O–H groups in total. The number of nitrogens with zero attached hydrogens (tertiary/aromatic N) is 4. The Morgan fingerprint density at radius 1 is 0.210 bits per heavy atom. The third-order valence-electron chi connectivity index (χ3n) is 24.9. The van der Waals surface area contributed by atoms with Crippen molar-refractivity contribution in [1.82, 2.24) is 9.13 Å². The summed E-state index contributed by atoms with van der Waals surface area (Å²) in [4.78, 5) is 4.71. The first-order valence-corrected chi connectivity index (χ1v) is 43.4. The number of hydrogen-bond acceptors (Lipinski definition) is 2. The molecule has 0 fully saturated rings. The van der Waals surface area contributed by atoms with Crippen molar-refractivity contribution in [3.63, 3.8) is 0 Å². The second kappa shape index (κ2) is 32.3. The fraction of sp³-hybridized carbons (Fsp3) is 0.0667. The number of hydrogen-bond donors (Lipinski definition) is 0. The monoisotopic (exact) mass is 1590 g/mol. The molecule has 20 aromatic carbocycles. The van der Waals surface area contributed by atoms with Crippen LogP contribution < -0.4 is 9.80 Å². The highest BCUT2D eigenvalue weighted by Gasteiger charge is 2.25. The van der Waals surface area contributed by atoms with E-state index in [9.17, 15) is 0 Å². The summed E-state index contributed by atoms with van der Waals surface area (Å²) in [7, 11) is 0. The molecule has 2 aromatic heterocycles. The summed E-state index contributed by atoms with van der Waals surface area (Å²) >= 11 is 0. The molecule has 22 aromatic rings. The molecule has 0 bridgehead atoms. The molecule has 124 heavy (non-hydrogen) atoms. The van der Waals surface area contributed by atoms with Crippen LogP contribution in [0.4, 0.5) is 34.1 Å². The van der Waals surface area contributed by atoms with Crippen LogP contribution >= 0.6 is 0 Å². The summed E-state index contributed by atoms with van der Waals surface area (Å²) in [6.45, 7) is 11.5. The molecule has 0 spiro atoms. The molecular weight excluding hydrogens is 1500 g/mol. The van der Waals surface area contributed by atoms with Crippen molar-refractivity contribution in [2.24, 2.45) is 5.92 Å². The average Bonchev–Trinajstić information content (AvgIpc) is 1.59. The van der Waals surface area contributed by atoms with E-state index in [1.165, 1.54) is 176 Å². The number of benzene rings is 20. The Bertz CT molecular complexity index is 7570. The van der Waals surface area contributed by atoms with Crippen LogP contribution in [0.1, 0.15) is 45.7 Å². The molecule has 0 aliphatic heterocycles. The van der Waals surface area contributed by atoms with E-state index in [1.54, 1.807) is 0 Å². The van der Waals surface area contributed by atoms with Gasteiger partial charge in [0.25, 0.3) is 0 Å². The first-order chi connectivity index (χ1) is 61.0. The lowest BCUT2D eigenvalue weighted by Gasteiger charge is -2.26. The molecule has 4 heteroatoms. The fourth-order valence-electron chi connectivity index (χ4n) is 19.1. The Balaban J connectivity index is 0.000000152. The minimum Gasteiger partial charge on any atom is -0.311 e. The van der Waals surface area contributed by atoms with Gasteiger partial charge in [0, 0.05) is 67.0 Å². The second-order valence-electron chi connectivity index (χ2n) is 34.2. The summed E-state index contributed by atoms with van der Waals surface area (Å²) in [5.74, 6) is 0.593. The van der Waals surface area contributed by atoms with Crippen LogP contribution in [0, 0.1) is 5.92 Å². The SMILES string of the molecule is CC(C)(C)c1ccc2c(c1)c1cc(-c3ccc(N(c4ccccc4)c4ccc(-c5c6ccccc6c(-c6ccccc6)c6ccccc56)cc4)cc3)ccc1n2-c1ccccc1.CC(C)Cc1ccc2c(c1)c1cc(-c3ccc(N(c4ccccc4)c4ccc(-c5c6ccccc6c(-c6ccccc6)c6ccccc56)cc4)cc3)ccc1n2-c1ccccc1. The van der Waals surface area contributed by atoms with Gasteiger partial charge in [-0.05, 0) is 284 Å². The maximum atomic E-state index is 2.41. The quantitative estimate of drug-likeness (QED) is 0.0897. The van der Waals surface area contributed by atoms with Crippen LogP contribution in [0.3, 0.4) is 0 Å². The van der Waals surface area contributed by atoms with Crippen LogP contribution in [0.15, 0.2) is 449 Å². The molecule has 0 atom stereocenters. The van der Waals surface area contributed by atoms with E-state index in [2.05, 4.69) is 502 Å². The zero-order chi connectivity index (χ0) is 83.4. The van der Waals surface area contributed by atoms with Crippen molar-refractivity contribution in [1.29, 1.82) is 0 Å². The first-order valence-electron chi connectivity index (χ1n) is 43.4. The zero-order valence-electron chi connectivity index (χ0n) is 70.3. The van der Waals surface area contributed by atoms with Crippen LogP contribution in [-0.2, 0) is 11.8 Å². The van der Waals surface area contributed by atoms with E-state index in [4.69, 9.17) is 0 Å². The molecule has 0 aliphatic rings. The van der Waals surface area contributed by atoms with Crippen molar-refractivity contribution < 1.29 is 0 Å². The van der Waals surface area contributed by atoms with Gasteiger partial charge in [-0.25, -0.2) is 0 Å². The van der Waals surface area contributed by atoms with E-state index >= 15 is 0 Å². The van der Waals surface area contributed by atoms with Gasteiger partial charge in [0.15, 0.2) is 0 Å². The van der Waals surface area contributed by atoms with Gasteiger partial charge < -0.3 is 18.9 Å². The highest BCUT2D eigenvalue weighted by Crippen LogP contribution is 2.49. The van der Waals surface area contributed by atoms with Crippen LogP contribution in [0.5, 0.6) is 0 Å². The molecule has 0 amide bonds. The van der Waals surface area contributed by atoms with Crippen molar-refractivity contribution in [2.45, 2.75) is 46.5 Å². The Hall–Kier alpha value is -15.4. The molecule has 0 aliphatic carbocycles. The average molecular weight is 1590 g/mol. The predicted octanol–water partition coefficient (Wildman–Crippen LogP) is 33.6. The van der Waals surface area contributed by atoms with Gasteiger partial charge in [0.2, 0.25) is 0 Å². The molecule has 22 rings (SSSR count). The van der Waals surface area contributed by atoms with Crippen molar-refractivity contribution in [3.8, 4) is 78.1 Å². The minimum atomic E-state index is 0.0463. The van der Waals surface area contributed by atoms with Gasteiger partial charge in [0.1, 0.15) is 0 Å². The maximum Gasteiger partial charge on any atom is 0.0541 e. The molecular formula is C120H92N4. The number of fused-ring (bicyclic) bond motifs is 10. The Morgan fingerprint density at radius 3 is 0.766 bits per heavy atom. The number of para-hydroxylation sites is 4. The lowest BCUT2D eigenvalue weighted by atomic mass is 9.86. The molecule has 0 saturated carbocycles. The smallest absolute Gasteiger partial charge is 0.0541 e. The molecule has 0 saturated heterocycles. The number of aromatic nitrogens is 2. The molecule has 2 heterocycles. The standard InChI is InChI=1S/2C60H46N2/c1-60(2,3)45-32-38-57-55(40-45)54-39-44(31-37-56(54)62(57)47-21-11-6-12-22-47)41-27-33-48(34-28-41)61(46-19-9-5-10-20-46)49-35-29-43(30-36-49)59-52-25-15-13-23-50(52)58(42-17-7-4-8-18-42)51-24-14-16-26-53(51)59;1-41(2)38-42-26-36-57-55(39-42)56-40-46(31-37-58(56)62(57)48-20-10-5-11-21-48)43-27-32-49(33-28-43)61(47-18-8-4-9-19-47)50-34-29-45(30-35-50)60-53-24-14-12-22-51(53)59(44-16-6-3-7-17-44)52-23-13-15-25-54(52)60/h4-40H,1-3H3;3-37,39-41H,38H2,1-2H3. The summed E-state index contributed by atoms with van der Waals surface area (Å²) in [6, 6.07) is 164. The van der Waals surface area contributed by atoms with Gasteiger partial charge in [-0.1, -0.05) is 338 Å². The maximum absolute atomic E-state index is 2.41. The van der Waals surface area contributed by atoms with Crippen molar-refractivity contribution >= 4 is 121 Å². The van der Waals surface area contributed by atoms with Crippen molar-refractivity contribution in [3.05, 3.63) is 460 Å². The van der Waals surface area contributed by atoms with Crippen LogP contribution in [-0.4, -0.2) is 9.13 Å². The highest BCUT2D eigenvalue weighted by atomic mass is 15.1. The molecule has 0 radical (unpaired) electrons. The predicted molar refractivity (Wildman–Crippen MR) is 531 cm³/mol.